The molecule has 0 spiro atoms. The Kier molecular flexibility index (Phi) is 4.70. The lowest BCUT2D eigenvalue weighted by Crippen LogP contribution is -2.58. The highest BCUT2D eigenvalue weighted by Crippen LogP contribution is 2.62. The van der Waals surface area contributed by atoms with Crippen molar-refractivity contribution in [3.05, 3.63) is 0 Å². The molecule has 138 valence electrons. The number of fused-ring (bicyclic) bond motifs is 1. The minimum Gasteiger partial charge on any atom is -0.340 e. The van der Waals surface area contributed by atoms with Crippen molar-refractivity contribution in [1.29, 1.82) is 0 Å². The van der Waals surface area contributed by atoms with Gasteiger partial charge in [-0.05, 0) is 35.5 Å². The molecule has 3 unspecified atom stereocenters. The summed E-state index contributed by atoms with van der Waals surface area (Å²) in [6, 6.07) is -1.15. The van der Waals surface area contributed by atoms with Crippen LogP contribution < -0.4 is 5.32 Å². The number of rotatable bonds is 5. The van der Waals surface area contributed by atoms with Gasteiger partial charge in [0.25, 0.3) is 0 Å². The van der Waals surface area contributed by atoms with Crippen LogP contribution in [0.5, 0.6) is 0 Å². The van der Waals surface area contributed by atoms with Crippen LogP contribution in [0.25, 0.3) is 0 Å². The van der Waals surface area contributed by atoms with Crippen LogP contribution >= 0.6 is 0 Å². The summed E-state index contributed by atoms with van der Waals surface area (Å²) < 4.78 is 38.0. The lowest BCUT2D eigenvalue weighted by Gasteiger charge is -2.38. The first kappa shape index (κ1) is 19.1. The minimum atomic E-state index is -4.99. The molecule has 3 atom stereocenters. The van der Waals surface area contributed by atoms with Gasteiger partial charge in [0.05, 0.1) is 0 Å². The summed E-state index contributed by atoms with van der Waals surface area (Å²) in [5, 5.41) is 1.97. The largest absolute Gasteiger partial charge is 0.471 e. The molecule has 4 nitrogen and oxygen atoms in total. The number of carbonyl (C=O) groups excluding carboxylic acids is 2. The van der Waals surface area contributed by atoms with Crippen molar-refractivity contribution in [3.8, 4) is 0 Å². The van der Waals surface area contributed by atoms with E-state index in [1.54, 1.807) is 11.8 Å². The van der Waals surface area contributed by atoms with Crippen LogP contribution in [0.15, 0.2) is 0 Å². The number of piperidine rings is 1. The Labute approximate surface area is 141 Å². The molecule has 1 aliphatic heterocycles. The number of alkyl halides is 3. The zero-order valence-electron chi connectivity index (χ0n) is 15.0. The molecule has 2 rings (SSSR count). The molecule has 0 radical (unpaired) electrons. The average molecular weight is 348 g/mol. The van der Waals surface area contributed by atoms with Gasteiger partial charge in [0.2, 0.25) is 5.91 Å². The fourth-order valence-electron chi connectivity index (χ4n) is 3.90. The Balaban J connectivity index is 2.17. The third kappa shape index (κ3) is 3.14. The fourth-order valence-corrected chi connectivity index (χ4v) is 3.90. The van der Waals surface area contributed by atoms with E-state index in [1.165, 1.54) is 0 Å². The van der Waals surface area contributed by atoms with Crippen molar-refractivity contribution in [2.75, 3.05) is 13.1 Å². The molecule has 0 aromatic rings. The number of halogens is 3. The van der Waals surface area contributed by atoms with Crippen molar-refractivity contribution in [2.45, 2.75) is 59.7 Å². The number of carbonyl (C=O) groups is 2. The van der Waals surface area contributed by atoms with Gasteiger partial charge in [0.15, 0.2) is 0 Å². The lowest BCUT2D eigenvalue weighted by molar-refractivity contribution is -0.176. The molecular formula is C17H27F3N2O2. The van der Waals surface area contributed by atoms with E-state index in [1.807, 2.05) is 19.2 Å². The minimum absolute atomic E-state index is 0.209. The second kappa shape index (κ2) is 5.92. The van der Waals surface area contributed by atoms with Crippen LogP contribution in [0, 0.1) is 22.7 Å². The number of amides is 2. The SMILES string of the molecule is CCC(C)(CC)C(NC(=O)C(F)(F)F)C(=O)N1CC2C(C1)C2(C)C. The molecular weight excluding hydrogens is 321 g/mol. The maximum Gasteiger partial charge on any atom is 0.471 e. The van der Waals surface area contributed by atoms with Crippen LogP contribution in [0.1, 0.15) is 47.5 Å². The molecule has 1 saturated carbocycles. The second-order valence-corrected chi connectivity index (χ2v) is 8.04. The molecule has 2 amide bonds. The first-order chi connectivity index (χ1) is 10.9. The molecule has 1 saturated heterocycles. The van der Waals surface area contributed by atoms with Gasteiger partial charge in [-0.15, -0.1) is 0 Å². The predicted molar refractivity (Wildman–Crippen MR) is 84.0 cm³/mol. The molecule has 1 aliphatic carbocycles. The third-order valence-corrected chi connectivity index (χ3v) is 6.53. The van der Waals surface area contributed by atoms with Crippen LogP contribution in [0.4, 0.5) is 13.2 Å². The fraction of sp³-hybridized carbons (Fsp3) is 0.882. The summed E-state index contributed by atoms with van der Waals surface area (Å²) in [7, 11) is 0. The van der Waals surface area contributed by atoms with Crippen molar-refractivity contribution < 1.29 is 22.8 Å². The smallest absolute Gasteiger partial charge is 0.340 e. The van der Waals surface area contributed by atoms with Crippen molar-refractivity contribution in [3.63, 3.8) is 0 Å². The highest BCUT2D eigenvalue weighted by Gasteiger charge is 2.63. The topological polar surface area (TPSA) is 49.4 Å². The first-order valence-electron chi connectivity index (χ1n) is 8.55. The van der Waals surface area contributed by atoms with E-state index >= 15 is 0 Å². The highest BCUT2D eigenvalue weighted by atomic mass is 19.4. The first-order valence-corrected chi connectivity index (χ1v) is 8.55. The predicted octanol–water partition coefficient (Wildman–Crippen LogP) is 2.97. The van der Waals surface area contributed by atoms with E-state index in [0.29, 0.717) is 37.8 Å². The summed E-state index contributed by atoms with van der Waals surface area (Å²) in [4.78, 5) is 26.0. The molecule has 0 aromatic carbocycles. The highest BCUT2D eigenvalue weighted by molar-refractivity contribution is 5.90. The summed E-state index contributed by atoms with van der Waals surface area (Å²) in [6.07, 6.45) is -3.98. The number of nitrogens with zero attached hydrogens (tertiary/aromatic N) is 1. The van der Waals surface area contributed by atoms with Gasteiger partial charge < -0.3 is 10.2 Å². The van der Waals surface area contributed by atoms with Crippen molar-refractivity contribution >= 4 is 11.8 Å². The standard InChI is InChI=1S/C17H27F3N2O2/c1-6-16(5,7-2)12(21-14(24)17(18,19)20)13(23)22-8-10-11(9-22)15(10,3)4/h10-12H,6-9H2,1-5H3,(H,21,24). The van der Waals surface area contributed by atoms with Crippen molar-refractivity contribution in [1.82, 2.24) is 10.2 Å². The number of hydrogen-bond acceptors (Lipinski definition) is 2. The monoisotopic (exact) mass is 348 g/mol. The number of nitrogens with one attached hydrogen (secondary N) is 1. The van der Waals surface area contributed by atoms with Gasteiger partial charge in [-0.2, -0.15) is 13.2 Å². The molecule has 1 heterocycles. The quantitative estimate of drug-likeness (QED) is 0.830. The maximum atomic E-state index is 12.9. The summed E-state index contributed by atoms with van der Waals surface area (Å²) in [6.45, 7) is 10.8. The summed E-state index contributed by atoms with van der Waals surface area (Å²) in [5.41, 5.74) is -0.499. The van der Waals surface area contributed by atoms with Crippen LogP contribution in [-0.2, 0) is 9.59 Å². The summed E-state index contributed by atoms with van der Waals surface area (Å²) in [5.74, 6) is -1.61. The third-order valence-electron chi connectivity index (χ3n) is 6.53. The van der Waals surface area contributed by atoms with E-state index < -0.39 is 23.5 Å². The average Bonchev–Trinajstić information content (AvgIpc) is 2.88. The zero-order chi connectivity index (χ0) is 18.5. The van der Waals surface area contributed by atoms with Gasteiger partial charge in [0.1, 0.15) is 6.04 Å². The maximum absolute atomic E-state index is 12.9. The Bertz CT molecular complexity index is 512. The summed E-state index contributed by atoms with van der Waals surface area (Å²) >= 11 is 0. The molecule has 0 aromatic heterocycles. The number of hydrogen-bond donors (Lipinski definition) is 1. The van der Waals surface area contributed by atoms with Gasteiger partial charge >= 0.3 is 12.1 Å². The van der Waals surface area contributed by atoms with Gasteiger partial charge in [-0.1, -0.05) is 34.6 Å². The zero-order valence-corrected chi connectivity index (χ0v) is 15.0. The van der Waals surface area contributed by atoms with E-state index in [9.17, 15) is 22.8 Å². The molecule has 1 N–H and O–H groups in total. The lowest BCUT2D eigenvalue weighted by atomic mass is 9.76. The van der Waals surface area contributed by atoms with Crippen LogP contribution in [0.3, 0.4) is 0 Å². The number of likely N-dealkylation sites (tertiary alicyclic amines) is 1. The van der Waals surface area contributed by atoms with Gasteiger partial charge in [-0.25, -0.2) is 0 Å². The van der Waals surface area contributed by atoms with Crippen LogP contribution in [0.2, 0.25) is 0 Å². The van der Waals surface area contributed by atoms with E-state index in [-0.39, 0.29) is 11.3 Å². The molecule has 2 fully saturated rings. The Morgan fingerprint density at radius 3 is 2.00 bits per heavy atom. The van der Waals surface area contributed by atoms with E-state index in [4.69, 9.17) is 0 Å². The Morgan fingerprint density at radius 1 is 1.17 bits per heavy atom. The normalized spacial score (nSPS) is 26.8. The Hall–Kier alpha value is -1.27. The van der Waals surface area contributed by atoms with Crippen molar-refractivity contribution in [2.24, 2.45) is 22.7 Å². The van der Waals surface area contributed by atoms with Gasteiger partial charge in [0, 0.05) is 13.1 Å². The van der Waals surface area contributed by atoms with E-state index in [2.05, 4.69) is 13.8 Å². The van der Waals surface area contributed by atoms with Crippen LogP contribution in [-0.4, -0.2) is 42.0 Å². The molecule has 24 heavy (non-hydrogen) atoms. The van der Waals surface area contributed by atoms with Gasteiger partial charge in [-0.3, -0.25) is 9.59 Å². The second-order valence-electron chi connectivity index (χ2n) is 8.04. The van der Waals surface area contributed by atoms with E-state index in [0.717, 1.165) is 0 Å². The Morgan fingerprint density at radius 2 is 1.62 bits per heavy atom. The molecule has 7 heteroatoms. The molecule has 0 bridgehead atoms. The molecule has 2 aliphatic rings.